The number of anilines is 1. The summed E-state index contributed by atoms with van der Waals surface area (Å²) < 4.78 is 6.31. The smallest absolute Gasteiger partial charge is 0.237 e. The van der Waals surface area contributed by atoms with E-state index in [1.54, 1.807) is 24.5 Å². The van der Waals surface area contributed by atoms with E-state index in [4.69, 9.17) is 10.5 Å². The molecule has 0 bridgehead atoms. The maximum Gasteiger partial charge on any atom is 0.237 e. The second-order valence-electron chi connectivity index (χ2n) is 2.84. The van der Waals surface area contributed by atoms with Gasteiger partial charge in [0.15, 0.2) is 0 Å². The SMILES string of the molecule is Nc1ccc(Br)c(Oc2cnccn2)c1. The van der Waals surface area contributed by atoms with Crippen molar-refractivity contribution in [3.8, 4) is 11.6 Å². The third-order valence-electron chi connectivity index (χ3n) is 1.71. The van der Waals surface area contributed by atoms with E-state index in [9.17, 15) is 0 Å². The fraction of sp³-hybridized carbons (Fsp3) is 0. The Kier molecular flexibility index (Phi) is 2.82. The largest absolute Gasteiger partial charge is 0.436 e. The lowest BCUT2D eigenvalue weighted by Gasteiger charge is -2.06. The van der Waals surface area contributed by atoms with E-state index in [1.165, 1.54) is 6.20 Å². The zero-order chi connectivity index (χ0) is 10.7. The van der Waals surface area contributed by atoms with Crippen LogP contribution < -0.4 is 10.5 Å². The average Bonchev–Trinajstić information content (AvgIpc) is 2.25. The molecule has 2 N–H and O–H groups in total. The van der Waals surface area contributed by atoms with E-state index in [0.717, 1.165) is 4.47 Å². The Morgan fingerprint density at radius 3 is 2.87 bits per heavy atom. The number of hydrogen-bond donors (Lipinski definition) is 1. The number of rotatable bonds is 2. The fourth-order valence-corrected chi connectivity index (χ4v) is 1.38. The van der Waals surface area contributed by atoms with Crippen LogP contribution in [0.15, 0.2) is 41.3 Å². The zero-order valence-electron chi connectivity index (χ0n) is 7.72. The van der Waals surface area contributed by atoms with Crippen molar-refractivity contribution in [1.29, 1.82) is 0 Å². The van der Waals surface area contributed by atoms with E-state index in [-0.39, 0.29) is 0 Å². The molecule has 0 fully saturated rings. The molecule has 0 atom stereocenters. The minimum Gasteiger partial charge on any atom is -0.436 e. The topological polar surface area (TPSA) is 61.0 Å². The Bertz CT molecular complexity index is 461. The first-order valence-electron chi connectivity index (χ1n) is 4.24. The van der Waals surface area contributed by atoms with Crippen molar-refractivity contribution in [2.24, 2.45) is 0 Å². The third kappa shape index (κ3) is 2.44. The van der Waals surface area contributed by atoms with Crippen molar-refractivity contribution in [2.75, 3.05) is 5.73 Å². The minimum atomic E-state index is 0.434. The van der Waals surface area contributed by atoms with Crippen molar-refractivity contribution in [3.63, 3.8) is 0 Å². The van der Waals surface area contributed by atoms with Gasteiger partial charge in [-0.1, -0.05) is 0 Å². The molecule has 0 unspecified atom stereocenters. The molecule has 4 nitrogen and oxygen atoms in total. The molecular formula is C10H8BrN3O. The van der Waals surface area contributed by atoms with Gasteiger partial charge < -0.3 is 10.5 Å². The highest BCUT2D eigenvalue weighted by atomic mass is 79.9. The summed E-state index contributed by atoms with van der Waals surface area (Å²) in [5, 5.41) is 0. The normalized spacial score (nSPS) is 9.93. The summed E-state index contributed by atoms with van der Waals surface area (Å²) in [5.74, 6) is 1.05. The van der Waals surface area contributed by atoms with Crippen LogP contribution in [-0.4, -0.2) is 9.97 Å². The molecule has 0 saturated heterocycles. The van der Waals surface area contributed by atoms with Crippen LogP contribution in [0.3, 0.4) is 0 Å². The highest BCUT2D eigenvalue weighted by Crippen LogP contribution is 2.30. The summed E-state index contributed by atoms with van der Waals surface area (Å²) in [7, 11) is 0. The van der Waals surface area contributed by atoms with E-state index in [1.807, 2.05) is 6.07 Å². The molecule has 0 spiro atoms. The van der Waals surface area contributed by atoms with E-state index >= 15 is 0 Å². The predicted octanol–water partition coefficient (Wildman–Crippen LogP) is 2.61. The van der Waals surface area contributed by atoms with E-state index < -0.39 is 0 Å². The van der Waals surface area contributed by atoms with Gasteiger partial charge in [-0.15, -0.1) is 0 Å². The Morgan fingerprint density at radius 1 is 1.27 bits per heavy atom. The van der Waals surface area contributed by atoms with Crippen LogP contribution in [-0.2, 0) is 0 Å². The number of aromatic nitrogens is 2. The summed E-state index contributed by atoms with van der Waals surface area (Å²) in [5.41, 5.74) is 6.28. The molecule has 0 aliphatic rings. The maximum absolute atomic E-state index is 5.64. The lowest BCUT2D eigenvalue weighted by Crippen LogP contribution is -1.91. The summed E-state index contributed by atoms with van der Waals surface area (Å²) in [6.45, 7) is 0. The van der Waals surface area contributed by atoms with Crippen molar-refractivity contribution < 1.29 is 4.74 Å². The number of nitrogen functional groups attached to an aromatic ring is 1. The number of hydrogen-bond acceptors (Lipinski definition) is 4. The molecule has 1 heterocycles. The Morgan fingerprint density at radius 2 is 2.13 bits per heavy atom. The highest BCUT2D eigenvalue weighted by Gasteiger charge is 2.03. The van der Waals surface area contributed by atoms with Gasteiger partial charge in [0.2, 0.25) is 5.88 Å². The second kappa shape index (κ2) is 4.27. The fourth-order valence-electron chi connectivity index (χ4n) is 1.05. The van der Waals surface area contributed by atoms with Crippen LogP contribution in [0.4, 0.5) is 5.69 Å². The molecule has 5 heteroatoms. The van der Waals surface area contributed by atoms with Crippen LogP contribution in [0, 0.1) is 0 Å². The van der Waals surface area contributed by atoms with Gasteiger partial charge in [-0.2, -0.15) is 0 Å². The molecule has 0 saturated carbocycles. The van der Waals surface area contributed by atoms with Crippen LogP contribution in [0.5, 0.6) is 11.6 Å². The third-order valence-corrected chi connectivity index (χ3v) is 2.36. The Hall–Kier alpha value is -1.62. The number of nitrogens with two attached hydrogens (primary N) is 1. The van der Waals surface area contributed by atoms with Gasteiger partial charge in [0.1, 0.15) is 5.75 Å². The van der Waals surface area contributed by atoms with Gasteiger partial charge >= 0.3 is 0 Å². The molecule has 15 heavy (non-hydrogen) atoms. The lowest BCUT2D eigenvalue weighted by molar-refractivity contribution is 0.457. The van der Waals surface area contributed by atoms with Crippen LogP contribution in [0.25, 0.3) is 0 Å². The Balaban J connectivity index is 2.28. The quantitative estimate of drug-likeness (QED) is 0.849. The van der Waals surface area contributed by atoms with Crippen molar-refractivity contribution in [2.45, 2.75) is 0 Å². The summed E-state index contributed by atoms with van der Waals surface area (Å²) in [6, 6.07) is 5.33. The summed E-state index contributed by atoms with van der Waals surface area (Å²) in [4.78, 5) is 7.90. The molecule has 2 rings (SSSR count). The van der Waals surface area contributed by atoms with Crippen molar-refractivity contribution in [3.05, 3.63) is 41.3 Å². The number of nitrogens with zero attached hydrogens (tertiary/aromatic N) is 2. The van der Waals surface area contributed by atoms with E-state index in [0.29, 0.717) is 17.3 Å². The number of ether oxygens (including phenoxy) is 1. The standard InChI is InChI=1S/C10H8BrN3O/c11-8-2-1-7(12)5-9(8)15-10-6-13-3-4-14-10/h1-6H,12H2. The molecule has 1 aromatic carbocycles. The molecular weight excluding hydrogens is 258 g/mol. The predicted molar refractivity (Wildman–Crippen MR) is 60.7 cm³/mol. The Labute approximate surface area is 95.2 Å². The molecule has 0 aliphatic heterocycles. The van der Waals surface area contributed by atoms with Crippen LogP contribution >= 0.6 is 15.9 Å². The lowest BCUT2D eigenvalue weighted by atomic mass is 10.3. The van der Waals surface area contributed by atoms with E-state index in [2.05, 4.69) is 25.9 Å². The summed E-state index contributed by atoms with van der Waals surface area (Å²) >= 11 is 3.36. The zero-order valence-corrected chi connectivity index (χ0v) is 9.31. The van der Waals surface area contributed by atoms with Crippen molar-refractivity contribution in [1.82, 2.24) is 9.97 Å². The molecule has 0 amide bonds. The minimum absolute atomic E-state index is 0.434. The first-order chi connectivity index (χ1) is 7.25. The first kappa shape index (κ1) is 9.92. The number of halogens is 1. The van der Waals surface area contributed by atoms with Gasteiger partial charge in [-0.3, -0.25) is 4.98 Å². The highest BCUT2D eigenvalue weighted by molar-refractivity contribution is 9.10. The first-order valence-corrected chi connectivity index (χ1v) is 5.04. The average molecular weight is 266 g/mol. The van der Waals surface area contributed by atoms with Gasteiger partial charge in [-0.05, 0) is 28.1 Å². The monoisotopic (exact) mass is 265 g/mol. The maximum atomic E-state index is 5.64. The second-order valence-corrected chi connectivity index (χ2v) is 3.69. The van der Waals surface area contributed by atoms with Gasteiger partial charge in [0, 0.05) is 24.1 Å². The molecule has 0 radical (unpaired) electrons. The van der Waals surface area contributed by atoms with Crippen molar-refractivity contribution >= 4 is 21.6 Å². The molecule has 0 aliphatic carbocycles. The molecule has 76 valence electrons. The molecule has 2 aromatic rings. The van der Waals surface area contributed by atoms with Gasteiger partial charge in [0.25, 0.3) is 0 Å². The summed E-state index contributed by atoms with van der Waals surface area (Å²) in [6.07, 6.45) is 4.69. The van der Waals surface area contributed by atoms with Gasteiger partial charge in [-0.25, -0.2) is 4.98 Å². The molecule has 1 aromatic heterocycles. The number of benzene rings is 1. The van der Waals surface area contributed by atoms with Crippen LogP contribution in [0.2, 0.25) is 0 Å². The van der Waals surface area contributed by atoms with Gasteiger partial charge in [0.05, 0.1) is 10.7 Å². The van der Waals surface area contributed by atoms with Crippen LogP contribution in [0.1, 0.15) is 0 Å².